The van der Waals surface area contributed by atoms with E-state index < -0.39 is 5.82 Å². The number of carbonyl (C=O) groups excluding carboxylic acids is 1. The SMILES string of the molecule is O=C(c1cc2nccnc2cc1F)N1CCC[C@H]1Cn1cc(C2CC2)nn1. The molecule has 2 aliphatic rings. The Morgan fingerprint density at radius 1 is 1.15 bits per heavy atom. The zero-order valence-corrected chi connectivity index (χ0v) is 14.8. The number of carbonyl (C=O) groups is 1. The van der Waals surface area contributed by atoms with Gasteiger partial charge in [-0.2, -0.15) is 0 Å². The number of fused-ring (bicyclic) bond motifs is 1. The number of rotatable bonds is 4. The zero-order valence-electron chi connectivity index (χ0n) is 14.8. The molecule has 1 aromatic carbocycles. The van der Waals surface area contributed by atoms with E-state index in [1.165, 1.54) is 37.4 Å². The van der Waals surface area contributed by atoms with Crippen LogP contribution in [-0.4, -0.2) is 48.4 Å². The van der Waals surface area contributed by atoms with Gasteiger partial charge in [0, 0.05) is 37.1 Å². The number of halogens is 1. The molecule has 5 rings (SSSR count). The molecule has 0 N–H and O–H groups in total. The van der Waals surface area contributed by atoms with Gasteiger partial charge in [-0.1, -0.05) is 5.21 Å². The summed E-state index contributed by atoms with van der Waals surface area (Å²) in [6, 6.07) is 2.76. The van der Waals surface area contributed by atoms with Crippen molar-refractivity contribution in [2.75, 3.05) is 6.54 Å². The summed E-state index contributed by atoms with van der Waals surface area (Å²) in [5, 5.41) is 8.43. The number of hydrogen-bond donors (Lipinski definition) is 0. The van der Waals surface area contributed by atoms with Crippen molar-refractivity contribution in [3.63, 3.8) is 0 Å². The Hall–Kier alpha value is -2.90. The largest absolute Gasteiger partial charge is 0.334 e. The smallest absolute Gasteiger partial charge is 0.257 e. The fourth-order valence-corrected chi connectivity index (χ4v) is 3.78. The molecule has 8 heteroatoms. The van der Waals surface area contributed by atoms with Crippen LogP contribution in [0.1, 0.15) is 47.7 Å². The van der Waals surface area contributed by atoms with E-state index in [4.69, 9.17) is 0 Å². The lowest BCUT2D eigenvalue weighted by Crippen LogP contribution is -2.38. The second-order valence-corrected chi connectivity index (χ2v) is 7.31. The first-order chi connectivity index (χ1) is 13.2. The lowest BCUT2D eigenvalue weighted by atomic mass is 10.1. The first-order valence-electron chi connectivity index (χ1n) is 9.30. The van der Waals surface area contributed by atoms with Crippen LogP contribution in [0.5, 0.6) is 0 Å². The Labute approximate surface area is 155 Å². The Balaban J connectivity index is 1.39. The Morgan fingerprint density at radius 3 is 2.70 bits per heavy atom. The molecular weight excluding hydrogens is 347 g/mol. The molecule has 0 radical (unpaired) electrons. The summed E-state index contributed by atoms with van der Waals surface area (Å²) >= 11 is 0. The number of hydrogen-bond acceptors (Lipinski definition) is 5. The molecule has 1 atom stereocenters. The van der Waals surface area contributed by atoms with Crippen molar-refractivity contribution in [3.05, 3.63) is 47.8 Å². The quantitative estimate of drug-likeness (QED) is 0.709. The van der Waals surface area contributed by atoms with Crippen molar-refractivity contribution in [1.82, 2.24) is 29.9 Å². The van der Waals surface area contributed by atoms with E-state index >= 15 is 0 Å². The van der Waals surface area contributed by atoms with Crippen LogP contribution < -0.4 is 0 Å². The highest BCUT2D eigenvalue weighted by atomic mass is 19.1. The highest BCUT2D eigenvalue weighted by Crippen LogP contribution is 2.38. The van der Waals surface area contributed by atoms with Gasteiger partial charge in [-0.25, -0.2) is 4.39 Å². The maximum Gasteiger partial charge on any atom is 0.257 e. The molecule has 7 nitrogen and oxygen atoms in total. The molecule has 0 bridgehead atoms. The average Bonchev–Trinajstić information content (AvgIpc) is 3.25. The van der Waals surface area contributed by atoms with Crippen molar-refractivity contribution >= 4 is 16.9 Å². The summed E-state index contributed by atoms with van der Waals surface area (Å²) in [5.74, 6) is -0.312. The maximum absolute atomic E-state index is 14.5. The number of likely N-dealkylation sites (tertiary alicyclic amines) is 1. The topological polar surface area (TPSA) is 76.8 Å². The molecule has 3 aromatic rings. The maximum atomic E-state index is 14.5. The lowest BCUT2D eigenvalue weighted by Gasteiger charge is -2.24. The molecule has 2 aromatic heterocycles. The van der Waals surface area contributed by atoms with Crippen molar-refractivity contribution in [1.29, 1.82) is 0 Å². The third-order valence-corrected chi connectivity index (χ3v) is 5.38. The predicted molar refractivity (Wildman–Crippen MR) is 95.6 cm³/mol. The van der Waals surface area contributed by atoms with Gasteiger partial charge in [0.2, 0.25) is 0 Å². The minimum absolute atomic E-state index is 0.0109. The normalized spacial score (nSPS) is 19.7. The molecule has 27 heavy (non-hydrogen) atoms. The fraction of sp³-hybridized carbons (Fsp3) is 0.421. The molecule has 1 saturated heterocycles. The van der Waals surface area contributed by atoms with Crippen LogP contribution in [0.25, 0.3) is 11.0 Å². The molecule has 0 unspecified atom stereocenters. The molecular formula is C19H19FN6O. The molecule has 1 aliphatic carbocycles. The molecule has 138 valence electrons. The summed E-state index contributed by atoms with van der Waals surface area (Å²) in [5.41, 5.74) is 2.04. The van der Waals surface area contributed by atoms with Gasteiger partial charge in [0.25, 0.3) is 5.91 Å². The third-order valence-electron chi connectivity index (χ3n) is 5.38. The van der Waals surface area contributed by atoms with Crippen molar-refractivity contribution in [2.45, 2.75) is 44.2 Å². The van der Waals surface area contributed by atoms with Gasteiger partial charge in [0.1, 0.15) is 5.82 Å². The van der Waals surface area contributed by atoms with Crippen LogP contribution in [0, 0.1) is 5.82 Å². The van der Waals surface area contributed by atoms with Gasteiger partial charge < -0.3 is 4.90 Å². The van der Waals surface area contributed by atoms with Crippen LogP contribution in [0.4, 0.5) is 4.39 Å². The number of aromatic nitrogens is 5. The van der Waals surface area contributed by atoms with Crippen molar-refractivity contribution in [2.24, 2.45) is 0 Å². The molecule has 1 amide bonds. The average molecular weight is 366 g/mol. The summed E-state index contributed by atoms with van der Waals surface area (Å²) in [7, 11) is 0. The molecule has 1 aliphatic heterocycles. The highest BCUT2D eigenvalue weighted by molar-refractivity contribution is 5.97. The Morgan fingerprint density at radius 2 is 1.93 bits per heavy atom. The second kappa shape index (κ2) is 6.37. The summed E-state index contributed by atoms with van der Waals surface area (Å²) in [6.07, 6.45) is 9.15. The van der Waals surface area contributed by atoms with Crippen LogP contribution in [0.15, 0.2) is 30.7 Å². The van der Waals surface area contributed by atoms with Crippen molar-refractivity contribution in [3.8, 4) is 0 Å². The van der Waals surface area contributed by atoms with E-state index in [2.05, 4.69) is 20.3 Å². The first kappa shape index (κ1) is 16.3. The predicted octanol–water partition coefficient (Wildman–Crippen LogP) is 2.54. The summed E-state index contributed by atoms with van der Waals surface area (Å²) < 4.78 is 16.3. The zero-order chi connectivity index (χ0) is 18.4. The monoisotopic (exact) mass is 366 g/mol. The van der Waals surface area contributed by atoms with E-state index in [0.29, 0.717) is 30.0 Å². The van der Waals surface area contributed by atoms with E-state index in [1.54, 1.807) is 4.90 Å². The summed E-state index contributed by atoms with van der Waals surface area (Å²) in [4.78, 5) is 23.0. The minimum Gasteiger partial charge on any atom is -0.334 e. The van der Waals surface area contributed by atoms with Gasteiger partial charge in [0.05, 0.1) is 34.9 Å². The minimum atomic E-state index is -0.560. The van der Waals surface area contributed by atoms with Crippen LogP contribution in [0.3, 0.4) is 0 Å². The number of nitrogens with zero attached hydrogens (tertiary/aromatic N) is 6. The summed E-state index contributed by atoms with van der Waals surface area (Å²) in [6.45, 7) is 1.20. The first-order valence-corrected chi connectivity index (χ1v) is 9.30. The van der Waals surface area contributed by atoms with Gasteiger partial charge in [-0.05, 0) is 31.7 Å². The van der Waals surface area contributed by atoms with Crippen LogP contribution in [-0.2, 0) is 6.54 Å². The molecule has 3 heterocycles. The van der Waals surface area contributed by atoms with E-state index in [-0.39, 0.29) is 17.5 Å². The van der Waals surface area contributed by atoms with Gasteiger partial charge in [0.15, 0.2) is 0 Å². The second-order valence-electron chi connectivity index (χ2n) is 7.31. The Bertz CT molecular complexity index is 1010. The standard InChI is InChI=1S/C19H19FN6O/c20-15-9-17-16(21-5-6-22-17)8-14(15)19(27)26-7-1-2-13(26)10-25-11-18(23-24-25)12-3-4-12/h5-6,8-9,11-13H,1-4,7,10H2/t13-/m0/s1. The molecule has 2 fully saturated rings. The molecule has 1 saturated carbocycles. The van der Waals surface area contributed by atoms with Gasteiger partial charge in [-0.15, -0.1) is 5.10 Å². The van der Waals surface area contributed by atoms with E-state index in [9.17, 15) is 9.18 Å². The van der Waals surface area contributed by atoms with Crippen LogP contribution >= 0.6 is 0 Å². The van der Waals surface area contributed by atoms with E-state index in [0.717, 1.165) is 18.5 Å². The van der Waals surface area contributed by atoms with Crippen molar-refractivity contribution < 1.29 is 9.18 Å². The van der Waals surface area contributed by atoms with Gasteiger partial charge >= 0.3 is 0 Å². The lowest BCUT2D eigenvalue weighted by molar-refractivity contribution is 0.0716. The Kier molecular flexibility index (Phi) is 3.84. The molecule has 0 spiro atoms. The van der Waals surface area contributed by atoms with Crippen LogP contribution in [0.2, 0.25) is 0 Å². The van der Waals surface area contributed by atoms with Gasteiger partial charge in [-0.3, -0.25) is 19.4 Å². The van der Waals surface area contributed by atoms with E-state index in [1.807, 2.05) is 10.9 Å². The third kappa shape index (κ3) is 3.05. The number of amides is 1. The fourth-order valence-electron chi connectivity index (χ4n) is 3.78. The number of benzene rings is 1. The highest BCUT2D eigenvalue weighted by Gasteiger charge is 2.32.